The van der Waals surface area contributed by atoms with Gasteiger partial charge in [-0.3, -0.25) is 4.68 Å². The number of ether oxygens (including phenoxy) is 2. The lowest BCUT2D eigenvalue weighted by Crippen LogP contribution is -2.15. The van der Waals surface area contributed by atoms with E-state index in [1.54, 1.807) is 11.0 Å². The van der Waals surface area contributed by atoms with Gasteiger partial charge >= 0.3 is 0 Å². The van der Waals surface area contributed by atoms with Gasteiger partial charge in [-0.2, -0.15) is 5.10 Å². The van der Waals surface area contributed by atoms with E-state index in [0.29, 0.717) is 6.61 Å². The van der Waals surface area contributed by atoms with Crippen molar-refractivity contribution in [2.24, 2.45) is 7.05 Å². The van der Waals surface area contributed by atoms with Crippen LogP contribution in [0.5, 0.6) is 5.75 Å². The Bertz CT molecular complexity index is 515. The lowest BCUT2D eigenvalue weighted by molar-refractivity contribution is 0.141. The highest BCUT2D eigenvalue weighted by Gasteiger charge is 2.17. The second-order valence-electron chi connectivity index (χ2n) is 4.37. The molecule has 1 aromatic carbocycles. The average Bonchev–Trinajstić information content (AvgIpc) is 3.02. The van der Waals surface area contributed by atoms with Crippen molar-refractivity contribution in [1.82, 2.24) is 14.8 Å². The van der Waals surface area contributed by atoms with E-state index in [-0.39, 0.29) is 6.10 Å². The van der Waals surface area contributed by atoms with Crippen LogP contribution in [0.1, 0.15) is 6.42 Å². The lowest BCUT2D eigenvalue weighted by atomic mass is 10.2. The van der Waals surface area contributed by atoms with E-state index in [9.17, 15) is 0 Å². The topological polar surface area (TPSA) is 49.2 Å². The molecule has 0 saturated carbocycles. The highest BCUT2D eigenvalue weighted by Crippen LogP contribution is 2.21. The Labute approximate surface area is 105 Å². The van der Waals surface area contributed by atoms with E-state index in [2.05, 4.69) is 10.1 Å². The average molecular weight is 245 g/mol. The van der Waals surface area contributed by atoms with E-state index in [1.165, 1.54) is 0 Å². The standard InChI is InChI=1S/C13H15N3O2/c1-16-9-14-13(15-16)10-2-4-11(5-3-10)18-12-6-7-17-8-12/h2-5,9,12H,6-8H2,1H3. The second kappa shape index (κ2) is 4.78. The monoisotopic (exact) mass is 245 g/mol. The SMILES string of the molecule is Cn1cnc(-c2ccc(OC3CCOC3)cc2)n1. The predicted octanol–water partition coefficient (Wildman–Crippen LogP) is 1.65. The Morgan fingerprint density at radius 3 is 2.78 bits per heavy atom. The largest absolute Gasteiger partial charge is 0.488 e. The zero-order chi connectivity index (χ0) is 12.4. The zero-order valence-corrected chi connectivity index (χ0v) is 10.2. The Balaban J connectivity index is 1.72. The molecule has 0 spiro atoms. The summed E-state index contributed by atoms with van der Waals surface area (Å²) in [5.74, 6) is 1.60. The van der Waals surface area contributed by atoms with Crippen LogP contribution >= 0.6 is 0 Å². The third kappa shape index (κ3) is 2.36. The van der Waals surface area contributed by atoms with E-state index in [4.69, 9.17) is 9.47 Å². The van der Waals surface area contributed by atoms with Crippen molar-refractivity contribution in [3.05, 3.63) is 30.6 Å². The molecule has 1 unspecified atom stereocenters. The molecule has 1 saturated heterocycles. The number of aromatic nitrogens is 3. The molecule has 0 amide bonds. The van der Waals surface area contributed by atoms with Crippen LogP contribution in [0.15, 0.2) is 30.6 Å². The molecule has 1 atom stereocenters. The molecule has 1 aliphatic rings. The molecule has 5 nitrogen and oxygen atoms in total. The second-order valence-corrected chi connectivity index (χ2v) is 4.37. The number of aryl methyl sites for hydroxylation is 1. The lowest BCUT2D eigenvalue weighted by Gasteiger charge is -2.11. The Morgan fingerprint density at radius 1 is 1.33 bits per heavy atom. The van der Waals surface area contributed by atoms with Crippen molar-refractivity contribution in [1.29, 1.82) is 0 Å². The van der Waals surface area contributed by atoms with Crippen molar-refractivity contribution >= 4 is 0 Å². The fourth-order valence-electron chi connectivity index (χ4n) is 1.95. The summed E-state index contributed by atoms with van der Waals surface area (Å²) in [4.78, 5) is 4.21. The van der Waals surface area contributed by atoms with Gasteiger partial charge < -0.3 is 9.47 Å². The Hall–Kier alpha value is -1.88. The maximum atomic E-state index is 5.80. The number of benzene rings is 1. The summed E-state index contributed by atoms with van der Waals surface area (Å²) in [7, 11) is 1.86. The number of hydrogen-bond acceptors (Lipinski definition) is 4. The molecule has 5 heteroatoms. The van der Waals surface area contributed by atoms with Gasteiger partial charge in [-0.1, -0.05) is 0 Å². The molecule has 1 fully saturated rings. The van der Waals surface area contributed by atoms with Crippen LogP contribution in [0.2, 0.25) is 0 Å². The van der Waals surface area contributed by atoms with Crippen LogP contribution in [0.4, 0.5) is 0 Å². The molecule has 2 aromatic rings. The highest BCUT2D eigenvalue weighted by molar-refractivity contribution is 5.55. The Morgan fingerprint density at radius 2 is 2.17 bits per heavy atom. The normalized spacial score (nSPS) is 19.1. The van der Waals surface area contributed by atoms with Crippen LogP contribution in [-0.4, -0.2) is 34.1 Å². The van der Waals surface area contributed by atoms with E-state index in [1.807, 2.05) is 31.3 Å². The van der Waals surface area contributed by atoms with Gasteiger partial charge in [0, 0.05) is 19.0 Å². The minimum atomic E-state index is 0.184. The highest BCUT2D eigenvalue weighted by atomic mass is 16.5. The van der Waals surface area contributed by atoms with E-state index < -0.39 is 0 Å². The van der Waals surface area contributed by atoms with E-state index >= 15 is 0 Å². The van der Waals surface area contributed by atoms with Crippen molar-refractivity contribution in [2.45, 2.75) is 12.5 Å². The van der Waals surface area contributed by atoms with Crippen molar-refractivity contribution in [3.63, 3.8) is 0 Å². The molecule has 94 valence electrons. The number of rotatable bonds is 3. The predicted molar refractivity (Wildman–Crippen MR) is 66.3 cm³/mol. The molecule has 3 rings (SSSR count). The maximum absolute atomic E-state index is 5.80. The minimum Gasteiger partial charge on any atom is -0.488 e. The molecule has 2 heterocycles. The van der Waals surface area contributed by atoms with Gasteiger partial charge in [0.15, 0.2) is 5.82 Å². The summed E-state index contributed by atoms with van der Waals surface area (Å²) >= 11 is 0. The fraction of sp³-hybridized carbons (Fsp3) is 0.385. The summed E-state index contributed by atoms with van der Waals surface area (Å²) < 4.78 is 12.8. The van der Waals surface area contributed by atoms with Crippen molar-refractivity contribution in [3.8, 4) is 17.1 Å². The van der Waals surface area contributed by atoms with Gasteiger partial charge in [-0.25, -0.2) is 4.98 Å². The molecule has 0 aliphatic carbocycles. The first-order valence-corrected chi connectivity index (χ1v) is 6.02. The van der Waals surface area contributed by atoms with Crippen LogP contribution in [0, 0.1) is 0 Å². The quantitative estimate of drug-likeness (QED) is 0.825. The van der Waals surface area contributed by atoms with Crippen LogP contribution in [-0.2, 0) is 11.8 Å². The van der Waals surface area contributed by atoms with Crippen LogP contribution < -0.4 is 4.74 Å². The molecular formula is C13H15N3O2. The Kier molecular flexibility index (Phi) is 2.98. The molecule has 18 heavy (non-hydrogen) atoms. The van der Waals surface area contributed by atoms with Gasteiger partial charge in [0.05, 0.1) is 13.2 Å². The van der Waals surface area contributed by atoms with Crippen molar-refractivity contribution < 1.29 is 9.47 Å². The fourth-order valence-corrected chi connectivity index (χ4v) is 1.95. The number of nitrogens with zero attached hydrogens (tertiary/aromatic N) is 3. The molecule has 1 aromatic heterocycles. The first-order chi connectivity index (χ1) is 8.81. The van der Waals surface area contributed by atoms with Gasteiger partial charge in [-0.05, 0) is 24.3 Å². The van der Waals surface area contributed by atoms with Gasteiger partial charge in [0.1, 0.15) is 18.2 Å². The molecule has 0 N–H and O–H groups in total. The van der Waals surface area contributed by atoms with Crippen molar-refractivity contribution in [2.75, 3.05) is 13.2 Å². The first-order valence-electron chi connectivity index (χ1n) is 6.02. The van der Waals surface area contributed by atoms with Gasteiger partial charge in [0.25, 0.3) is 0 Å². The summed E-state index contributed by atoms with van der Waals surface area (Å²) in [6.07, 6.45) is 2.84. The van der Waals surface area contributed by atoms with E-state index in [0.717, 1.165) is 30.2 Å². The summed E-state index contributed by atoms with van der Waals surface area (Å²) in [6, 6.07) is 7.84. The zero-order valence-electron chi connectivity index (χ0n) is 10.2. The van der Waals surface area contributed by atoms with Crippen LogP contribution in [0.3, 0.4) is 0 Å². The first kappa shape index (κ1) is 11.2. The molecular weight excluding hydrogens is 230 g/mol. The molecule has 1 aliphatic heterocycles. The summed E-state index contributed by atoms with van der Waals surface area (Å²) in [5, 5.41) is 4.26. The molecule has 0 bridgehead atoms. The smallest absolute Gasteiger partial charge is 0.181 e. The summed E-state index contributed by atoms with van der Waals surface area (Å²) in [5.41, 5.74) is 0.991. The van der Waals surface area contributed by atoms with Gasteiger partial charge in [0.2, 0.25) is 0 Å². The maximum Gasteiger partial charge on any atom is 0.181 e. The molecule has 0 radical (unpaired) electrons. The minimum absolute atomic E-state index is 0.184. The number of hydrogen-bond donors (Lipinski definition) is 0. The third-order valence-corrected chi connectivity index (χ3v) is 2.90. The third-order valence-electron chi connectivity index (χ3n) is 2.90. The van der Waals surface area contributed by atoms with Crippen LogP contribution in [0.25, 0.3) is 11.4 Å². The summed E-state index contributed by atoms with van der Waals surface area (Å²) in [6.45, 7) is 1.48. The van der Waals surface area contributed by atoms with Gasteiger partial charge in [-0.15, -0.1) is 0 Å².